The molecule has 0 aliphatic heterocycles. The predicted octanol–water partition coefficient (Wildman–Crippen LogP) is 11.7. The number of allylic oxidation sites excluding steroid dienone is 8. The lowest BCUT2D eigenvalue weighted by atomic mass is 10.1. The molecule has 0 aliphatic rings. The van der Waals surface area contributed by atoms with E-state index in [1.165, 1.54) is 25.7 Å². The summed E-state index contributed by atoms with van der Waals surface area (Å²) in [5.74, 6) is -0.722. The zero-order valence-corrected chi connectivity index (χ0v) is 29.9. The predicted molar refractivity (Wildman–Crippen MR) is 195 cm³/mol. The van der Waals surface area contributed by atoms with Crippen molar-refractivity contribution in [3.05, 3.63) is 53.5 Å². The molecule has 0 saturated heterocycles. The number of esters is 2. The van der Waals surface area contributed by atoms with Gasteiger partial charge in [0.25, 0.3) is 0 Å². The summed E-state index contributed by atoms with van der Waals surface area (Å²) >= 11 is 0. The fourth-order valence-corrected chi connectivity index (χ4v) is 4.99. The summed E-state index contributed by atoms with van der Waals surface area (Å²) in [5, 5.41) is 11.4. The third-order valence-corrected chi connectivity index (χ3v) is 7.90. The minimum atomic E-state index is -1.23. The maximum atomic E-state index is 12.4. The van der Waals surface area contributed by atoms with Crippen molar-refractivity contribution in [3.8, 4) is 6.07 Å². The highest BCUT2D eigenvalue weighted by Gasteiger charge is 2.31. The topological polar surface area (TPSA) is 106 Å². The van der Waals surface area contributed by atoms with Crippen LogP contribution >= 0.6 is 0 Å². The third kappa shape index (κ3) is 32.7. The first-order valence-corrected chi connectivity index (χ1v) is 18.6. The van der Waals surface area contributed by atoms with E-state index < -0.39 is 5.60 Å². The van der Waals surface area contributed by atoms with Crippen molar-refractivity contribution < 1.29 is 19.1 Å². The molecule has 0 radical (unpaired) electrons. The van der Waals surface area contributed by atoms with Crippen molar-refractivity contribution in [3.63, 3.8) is 0 Å². The lowest BCUT2D eigenvalue weighted by molar-refractivity contribution is -0.169. The van der Waals surface area contributed by atoms with Crippen LogP contribution in [0.2, 0.25) is 0 Å². The van der Waals surface area contributed by atoms with Crippen LogP contribution in [-0.2, 0) is 19.1 Å². The van der Waals surface area contributed by atoms with Gasteiger partial charge in [0.2, 0.25) is 0 Å². The quantitative estimate of drug-likeness (QED) is 0.0302. The molecule has 0 heterocycles. The van der Waals surface area contributed by atoms with Crippen LogP contribution in [0.5, 0.6) is 0 Å². The Balaban J connectivity index is 3.87. The van der Waals surface area contributed by atoms with Gasteiger partial charge in [0.05, 0.1) is 6.07 Å². The second-order valence-electron chi connectivity index (χ2n) is 12.7. The van der Waals surface area contributed by atoms with E-state index in [1.807, 2.05) is 0 Å². The van der Waals surface area contributed by atoms with Crippen molar-refractivity contribution in [1.29, 1.82) is 5.26 Å². The SMILES string of the molecule is CCCCC/C=C\C/C=C\CCCCCCCC(=O)O[C@@](C)(CN=O)COC(=O)CCCCCCC/C=C\C/C=C\CCCCC#N. The van der Waals surface area contributed by atoms with Crippen LogP contribution in [0.1, 0.15) is 168 Å². The summed E-state index contributed by atoms with van der Waals surface area (Å²) in [4.78, 5) is 35.7. The molecule has 0 spiro atoms. The summed E-state index contributed by atoms with van der Waals surface area (Å²) < 4.78 is 10.9. The molecule has 0 bridgehead atoms. The van der Waals surface area contributed by atoms with Crippen LogP contribution in [0.15, 0.2) is 53.8 Å². The summed E-state index contributed by atoms with van der Waals surface area (Å²) in [5.41, 5.74) is -1.23. The highest BCUT2D eigenvalue weighted by Crippen LogP contribution is 2.17. The second kappa shape index (κ2) is 34.3. The molecule has 0 aromatic rings. The summed E-state index contributed by atoms with van der Waals surface area (Å²) in [6.07, 6.45) is 41.5. The highest BCUT2D eigenvalue weighted by atomic mass is 16.6. The van der Waals surface area contributed by atoms with Gasteiger partial charge >= 0.3 is 11.9 Å². The number of carbonyl (C=O) groups is 2. The van der Waals surface area contributed by atoms with Crippen molar-refractivity contribution >= 4 is 11.9 Å². The van der Waals surface area contributed by atoms with E-state index >= 15 is 0 Å². The zero-order chi connectivity index (χ0) is 34.5. The summed E-state index contributed by atoms with van der Waals surface area (Å²) in [6, 6.07) is 2.17. The minimum Gasteiger partial charge on any atom is -0.461 e. The maximum Gasteiger partial charge on any atom is 0.306 e. The molecule has 7 heteroatoms. The second-order valence-corrected chi connectivity index (χ2v) is 12.7. The number of nitrogens with zero attached hydrogens (tertiary/aromatic N) is 2. The number of nitriles is 1. The summed E-state index contributed by atoms with van der Waals surface area (Å²) in [7, 11) is 0. The van der Waals surface area contributed by atoms with Gasteiger partial charge in [-0.2, -0.15) is 10.2 Å². The molecule has 0 N–H and O–H groups in total. The lowest BCUT2D eigenvalue weighted by Gasteiger charge is -2.26. The molecule has 1 atom stereocenters. The molecule has 0 rings (SSSR count). The molecule has 0 fully saturated rings. The van der Waals surface area contributed by atoms with Crippen LogP contribution in [0.3, 0.4) is 0 Å². The first-order chi connectivity index (χ1) is 23.0. The molecule has 0 saturated carbocycles. The number of nitroso groups, excluding NO2 is 1. The monoisotopic (exact) mass is 654 g/mol. The van der Waals surface area contributed by atoms with Gasteiger partial charge in [0.15, 0.2) is 5.60 Å². The van der Waals surface area contributed by atoms with Crippen molar-refractivity contribution in [1.82, 2.24) is 0 Å². The molecule has 0 aromatic carbocycles. The normalized spacial score (nSPS) is 13.0. The Morgan fingerprint density at radius 2 is 1.09 bits per heavy atom. The standard InChI is InChI=1S/C40H66N2O5/c1-3-4-5-6-7-8-9-10-12-16-19-22-25-28-31-34-39(44)47-40(2,36-42-45)37-46-38(43)33-30-27-24-21-18-15-13-11-14-17-20-23-26-29-32-35-41/h7-8,10-13,17,20H,3-6,9,14-16,18-19,21-34,36-37H2,1-2H3/b8-7-,12-10-,13-11-,20-17-/t40-/m0/s1. The van der Waals surface area contributed by atoms with Gasteiger partial charge in [0.1, 0.15) is 13.2 Å². The van der Waals surface area contributed by atoms with Gasteiger partial charge in [0, 0.05) is 19.3 Å². The van der Waals surface area contributed by atoms with E-state index in [9.17, 15) is 14.5 Å². The fourth-order valence-electron chi connectivity index (χ4n) is 4.99. The number of hydrogen-bond donors (Lipinski definition) is 0. The molecule has 0 aliphatic carbocycles. The highest BCUT2D eigenvalue weighted by molar-refractivity contribution is 5.70. The largest absolute Gasteiger partial charge is 0.461 e. The van der Waals surface area contributed by atoms with Gasteiger partial charge in [-0.15, -0.1) is 0 Å². The van der Waals surface area contributed by atoms with Crippen LogP contribution in [0.25, 0.3) is 0 Å². The average Bonchev–Trinajstić information content (AvgIpc) is 3.05. The Morgan fingerprint density at radius 1 is 0.638 bits per heavy atom. The molecule has 7 nitrogen and oxygen atoms in total. The third-order valence-electron chi connectivity index (χ3n) is 7.90. The first-order valence-electron chi connectivity index (χ1n) is 18.6. The minimum absolute atomic E-state index is 0.159. The fraction of sp³-hybridized carbons (Fsp3) is 0.725. The molecule has 0 aromatic heterocycles. The van der Waals surface area contributed by atoms with Gasteiger partial charge in [-0.1, -0.05) is 112 Å². The maximum absolute atomic E-state index is 12.4. The van der Waals surface area contributed by atoms with Crippen molar-refractivity contribution in [2.24, 2.45) is 5.18 Å². The first kappa shape index (κ1) is 44.0. The molecular weight excluding hydrogens is 588 g/mol. The van der Waals surface area contributed by atoms with Crippen LogP contribution in [0, 0.1) is 16.2 Å². The van der Waals surface area contributed by atoms with E-state index in [2.05, 4.69) is 66.8 Å². The smallest absolute Gasteiger partial charge is 0.306 e. The Labute approximate surface area is 287 Å². The van der Waals surface area contributed by atoms with Crippen molar-refractivity contribution in [2.75, 3.05) is 13.2 Å². The Kier molecular flexibility index (Phi) is 32.1. The van der Waals surface area contributed by atoms with E-state index in [0.29, 0.717) is 12.8 Å². The number of ether oxygens (including phenoxy) is 2. The molecule has 266 valence electrons. The number of carbonyl (C=O) groups excluding carboxylic acids is 2. The molecule has 47 heavy (non-hydrogen) atoms. The van der Waals surface area contributed by atoms with Gasteiger partial charge < -0.3 is 9.47 Å². The van der Waals surface area contributed by atoms with E-state index in [4.69, 9.17) is 14.7 Å². The van der Waals surface area contributed by atoms with Crippen LogP contribution in [0.4, 0.5) is 0 Å². The number of rotatable bonds is 33. The lowest BCUT2D eigenvalue weighted by Crippen LogP contribution is -2.40. The Hall–Kier alpha value is -3.01. The Morgan fingerprint density at radius 3 is 1.57 bits per heavy atom. The van der Waals surface area contributed by atoms with Crippen LogP contribution < -0.4 is 0 Å². The average molecular weight is 655 g/mol. The summed E-state index contributed by atoms with van der Waals surface area (Å²) in [6.45, 7) is 3.42. The van der Waals surface area contributed by atoms with E-state index in [0.717, 1.165) is 109 Å². The van der Waals surface area contributed by atoms with E-state index in [-0.39, 0.29) is 31.5 Å². The zero-order valence-electron chi connectivity index (χ0n) is 29.9. The number of unbranched alkanes of at least 4 members (excludes halogenated alkanes) is 16. The molecular formula is C40H66N2O5. The van der Waals surface area contributed by atoms with Crippen molar-refractivity contribution in [2.45, 2.75) is 174 Å². The molecule has 0 unspecified atom stereocenters. The van der Waals surface area contributed by atoms with Gasteiger partial charge in [-0.3, -0.25) is 9.59 Å². The Bertz CT molecular complexity index is 933. The molecule has 0 amide bonds. The number of hydrogen-bond acceptors (Lipinski definition) is 7. The van der Waals surface area contributed by atoms with E-state index in [1.54, 1.807) is 6.92 Å². The van der Waals surface area contributed by atoms with Gasteiger partial charge in [-0.05, 0) is 90.4 Å². The van der Waals surface area contributed by atoms with Crippen LogP contribution in [-0.4, -0.2) is 30.7 Å². The van der Waals surface area contributed by atoms with Gasteiger partial charge in [-0.25, -0.2) is 0 Å².